The number of aliphatic carboxylic acids is 1. The average Bonchev–Trinajstić information content (AvgIpc) is 2.52. The summed E-state index contributed by atoms with van der Waals surface area (Å²) in [5.41, 5.74) is 0.140. The lowest BCUT2D eigenvalue weighted by Gasteiger charge is -2.60. The van der Waals surface area contributed by atoms with Crippen molar-refractivity contribution >= 4 is 11.9 Å². The van der Waals surface area contributed by atoms with Gasteiger partial charge in [0.25, 0.3) is 0 Å². The van der Waals surface area contributed by atoms with Crippen LogP contribution in [0.1, 0.15) is 37.2 Å². The van der Waals surface area contributed by atoms with Gasteiger partial charge in [-0.15, -0.1) is 0 Å². The fourth-order valence-corrected chi connectivity index (χ4v) is 4.69. The zero-order chi connectivity index (χ0) is 15.5. The van der Waals surface area contributed by atoms with Crippen molar-refractivity contribution in [3.8, 4) is 5.75 Å². The molecule has 5 nitrogen and oxygen atoms in total. The number of likely N-dealkylation sites (tertiary alicyclic amines) is 1. The lowest BCUT2D eigenvalue weighted by molar-refractivity contribution is -0.315. The Morgan fingerprint density at radius 2 is 2.14 bits per heavy atom. The van der Waals surface area contributed by atoms with Gasteiger partial charge in [-0.1, -0.05) is 24.6 Å². The summed E-state index contributed by atoms with van der Waals surface area (Å²) in [5, 5.41) is 11.7. The highest BCUT2D eigenvalue weighted by Crippen LogP contribution is 2.57. The van der Waals surface area contributed by atoms with Crippen LogP contribution in [0.2, 0.25) is 0 Å². The summed E-state index contributed by atoms with van der Waals surface area (Å²) < 4.78 is 6.30. The third-order valence-corrected chi connectivity index (χ3v) is 5.66. The van der Waals surface area contributed by atoms with Crippen LogP contribution in [0, 0.1) is 11.8 Å². The number of benzene rings is 1. The minimum Gasteiger partial charge on any atom is -0.549 e. The SMILES string of the molecule is CN1C(=O)[C@@H](C(=O)[O-])[C@@H]2c3ccccc3O[C@]13CCCC[C@H]23. The monoisotopic (exact) mass is 300 g/mol. The second-order valence-corrected chi connectivity index (χ2v) is 6.56. The standard InChI is InChI=1S/C17H19NO4/c1-18-15(19)14(16(20)21)13-10-6-2-3-8-12(10)22-17(18)9-5-4-7-11(13)17/h2-3,6,8,11,13-14H,4-5,7,9H2,1H3,(H,20,21)/p-1/t11-,13-,14+,17+/m1/s1. The fraction of sp³-hybridized carbons (Fsp3) is 0.529. The Morgan fingerprint density at radius 1 is 1.36 bits per heavy atom. The van der Waals surface area contributed by atoms with Crippen molar-refractivity contribution in [2.45, 2.75) is 37.3 Å². The van der Waals surface area contributed by atoms with Crippen molar-refractivity contribution in [2.24, 2.45) is 11.8 Å². The van der Waals surface area contributed by atoms with Crippen molar-refractivity contribution in [2.75, 3.05) is 7.05 Å². The highest BCUT2D eigenvalue weighted by Gasteiger charge is 2.62. The van der Waals surface area contributed by atoms with Crippen LogP contribution in [0.4, 0.5) is 0 Å². The first kappa shape index (κ1) is 13.6. The number of hydrogen-bond acceptors (Lipinski definition) is 4. The molecule has 3 aliphatic rings. The van der Waals surface area contributed by atoms with E-state index in [1.54, 1.807) is 7.05 Å². The highest BCUT2D eigenvalue weighted by molar-refractivity contribution is 5.98. The molecule has 0 N–H and O–H groups in total. The van der Waals surface area contributed by atoms with E-state index in [1.165, 1.54) is 4.90 Å². The molecule has 2 aliphatic heterocycles. The van der Waals surface area contributed by atoms with Gasteiger partial charge in [-0.2, -0.15) is 0 Å². The van der Waals surface area contributed by atoms with Gasteiger partial charge in [-0.05, 0) is 24.5 Å². The number of carbonyl (C=O) groups excluding carboxylic acids is 2. The molecule has 0 spiro atoms. The Morgan fingerprint density at radius 3 is 2.91 bits per heavy atom. The molecular weight excluding hydrogens is 282 g/mol. The number of rotatable bonds is 1. The summed E-state index contributed by atoms with van der Waals surface area (Å²) in [6.07, 6.45) is 3.65. The van der Waals surface area contributed by atoms with Crippen molar-refractivity contribution < 1.29 is 19.4 Å². The van der Waals surface area contributed by atoms with Crippen LogP contribution in [0.3, 0.4) is 0 Å². The van der Waals surface area contributed by atoms with E-state index in [2.05, 4.69) is 0 Å². The van der Waals surface area contributed by atoms with Crippen molar-refractivity contribution in [1.82, 2.24) is 4.90 Å². The molecular formula is C17H18NO4-. The molecule has 1 aromatic rings. The summed E-state index contributed by atoms with van der Waals surface area (Å²) in [7, 11) is 1.67. The molecule has 2 fully saturated rings. The van der Waals surface area contributed by atoms with E-state index in [0.29, 0.717) is 5.75 Å². The first-order valence-electron chi connectivity index (χ1n) is 7.83. The molecule has 1 saturated heterocycles. The molecule has 5 heteroatoms. The molecule has 2 heterocycles. The fourth-order valence-electron chi connectivity index (χ4n) is 4.69. The Balaban J connectivity index is 1.96. The molecule has 1 saturated carbocycles. The predicted molar refractivity (Wildman–Crippen MR) is 75.8 cm³/mol. The van der Waals surface area contributed by atoms with Gasteiger partial charge in [-0.3, -0.25) is 4.79 Å². The molecule has 22 heavy (non-hydrogen) atoms. The Kier molecular flexibility index (Phi) is 2.77. The maximum absolute atomic E-state index is 12.7. The minimum absolute atomic E-state index is 0.0155. The van der Waals surface area contributed by atoms with Crippen LogP contribution >= 0.6 is 0 Å². The molecule has 4 atom stereocenters. The van der Waals surface area contributed by atoms with E-state index in [9.17, 15) is 14.7 Å². The van der Waals surface area contributed by atoms with Crippen LogP contribution in [0.25, 0.3) is 0 Å². The van der Waals surface area contributed by atoms with E-state index in [4.69, 9.17) is 4.74 Å². The van der Waals surface area contributed by atoms with Gasteiger partial charge in [0.15, 0.2) is 5.72 Å². The smallest absolute Gasteiger partial charge is 0.234 e. The maximum atomic E-state index is 12.7. The molecule has 1 aliphatic carbocycles. The largest absolute Gasteiger partial charge is 0.549 e. The molecule has 4 rings (SSSR count). The Labute approximate surface area is 128 Å². The van der Waals surface area contributed by atoms with E-state index < -0.39 is 23.5 Å². The van der Waals surface area contributed by atoms with Crippen LogP contribution in [0.15, 0.2) is 24.3 Å². The van der Waals surface area contributed by atoms with Gasteiger partial charge in [0, 0.05) is 25.3 Å². The number of para-hydroxylation sites is 1. The number of nitrogens with zero attached hydrogens (tertiary/aromatic N) is 1. The third kappa shape index (κ3) is 1.54. The number of fused-ring (bicyclic) bond motifs is 2. The van der Waals surface area contributed by atoms with Gasteiger partial charge >= 0.3 is 0 Å². The number of piperidine rings is 1. The summed E-state index contributed by atoms with van der Waals surface area (Å²) in [6, 6.07) is 7.50. The number of ether oxygens (including phenoxy) is 1. The number of carboxylic acids is 1. The maximum Gasteiger partial charge on any atom is 0.234 e. The molecule has 2 bridgehead atoms. The molecule has 0 radical (unpaired) electrons. The quantitative estimate of drug-likeness (QED) is 0.722. The van der Waals surface area contributed by atoms with E-state index in [0.717, 1.165) is 31.2 Å². The van der Waals surface area contributed by atoms with Crippen LogP contribution in [-0.2, 0) is 9.59 Å². The van der Waals surface area contributed by atoms with Crippen molar-refractivity contribution in [3.05, 3.63) is 29.8 Å². The average molecular weight is 300 g/mol. The van der Waals surface area contributed by atoms with Gasteiger partial charge in [0.05, 0.1) is 11.9 Å². The Bertz CT molecular complexity index is 658. The molecule has 0 aromatic heterocycles. The van der Waals surface area contributed by atoms with Crippen LogP contribution < -0.4 is 9.84 Å². The summed E-state index contributed by atoms with van der Waals surface area (Å²) in [6.45, 7) is 0. The number of carboxylic acid groups (broad SMARTS) is 1. The summed E-state index contributed by atoms with van der Waals surface area (Å²) >= 11 is 0. The zero-order valence-corrected chi connectivity index (χ0v) is 12.5. The predicted octanol–water partition coefficient (Wildman–Crippen LogP) is 0.887. The van der Waals surface area contributed by atoms with Gasteiger partial charge in [0.2, 0.25) is 5.91 Å². The number of carbonyl (C=O) groups is 2. The van der Waals surface area contributed by atoms with Crippen molar-refractivity contribution in [3.63, 3.8) is 0 Å². The van der Waals surface area contributed by atoms with Gasteiger partial charge < -0.3 is 19.5 Å². The second-order valence-electron chi connectivity index (χ2n) is 6.56. The zero-order valence-electron chi connectivity index (χ0n) is 12.5. The lowest BCUT2D eigenvalue weighted by Crippen LogP contribution is -2.70. The van der Waals surface area contributed by atoms with E-state index >= 15 is 0 Å². The molecule has 1 aromatic carbocycles. The third-order valence-electron chi connectivity index (χ3n) is 5.66. The molecule has 116 valence electrons. The lowest BCUT2D eigenvalue weighted by atomic mass is 9.61. The highest BCUT2D eigenvalue weighted by atomic mass is 16.5. The Hall–Kier alpha value is -2.04. The summed E-state index contributed by atoms with van der Waals surface area (Å²) in [5.74, 6) is -2.42. The molecule has 0 unspecified atom stereocenters. The normalized spacial score (nSPS) is 36.1. The van der Waals surface area contributed by atoms with Gasteiger partial charge in [0.1, 0.15) is 5.75 Å². The first-order valence-corrected chi connectivity index (χ1v) is 7.83. The second kappa shape index (κ2) is 4.48. The van der Waals surface area contributed by atoms with E-state index in [-0.39, 0.29) is 11.8 Å². The topological polar surface area (TPSA) is 69.7 Å². The van der Waals surface area contributed by atoms with Gasteiger partial charge in [-0.25, -0.2) is 0 Å². The summed E-state index contributed by atoms with van der Waals surface area (Å²) in [4.78, 5) is 25.9. The number of hydrogen-bond donors (Lipinski definition) is 0. The van der Waals surface area contributed by atoms with Crippen molar-refractivity contribution in [1.29, 1.82) is 0 Å². The first-order chi connectivity index (χ1) is 10.6. The van der Waals surface area contributed by atoms with Crippen LogP contribution in [-0.4, -0.2) is 29.5 Å². The molecule has 1 amide bonds. The van der Waals surface area contributed by atoms with E-state index in [1.807, 2.05) is 24.3 Å². The van der Waals surface area contributed by atoms with Crippen LogP contribution in [0.5, 0.6) is 5.75 Å². The number of amides is 1. The minimum atomic E-state index is -1.28.